The Bertz CT molecular complexity index is 294. The second kappa shape index (κ2) is 9.61. The topological polar surface area (TPSA) is 72.6 Å². The third-order valence-corrected chi connectivity index (χ3v) is 2.78. The Labute approximate surface area is 122 Å². The van der Waals surface area contributed by atoms with E-state index >= 15 is 0 Å². The van der Waals surface area contributed by atoms with Crippen molar-refractivity contribution in [3.63, 3.8) is 0 Å². The number of carbonyl (C=O) groups is 2. The number of hydrogen-bond donors (Lipinski definition) is 1. The maximum absolute atomic E-state index is 11.1. The monoisotopic (exact) mass is 286 g/mol. The Morgan fingerprint density at radius 1 is 1.15 bits per heavy atom. The Hall–Kier alpha value is -1.26. The molecular formula is C15H30N2O3. The first-order valence-corrected chi connectivity index (χ1v) is 7.52. The zero-order chi connectivity index (χ0) is 15.6. The molecule has 2 amide bonds. The minimum Gasteiger partial charge on any atom is -0.444 e. The van der Waals surface area contributed by atoms with E-state index in [4.69, 9.17) is 10.5 Å². The minimum atomic E-state index is -0.354. The van der Waals surface area contributed by atoms with E-state index in [0.717, 1.165) is 32.4 Å². The maximum Gasteiger partial charge on any atom is 0.410 e. The number of primary amides is 1. The summed E-state index contributed by atoms with van der Waals surface area (Å²) < 4.78 is 5.13. The highest BCUT2D eigenvalue weighted by molar-refractivity contribution is 5.73. The van der Waals surface area contributed by atoms with Crippen molar-refractivity contribution in [2.24, 2.45) is 5.73 Å². The lowest BCUT2D eigenvalue weighted by atomic mass is 10.1. The lowest BCUT2D eigenvalue weighted by Gasteiger charge is -2.32. The molecule has 0 aromatic heterocycles. The Kier molecular flexibility index (Phi) is 9.01. The van der Waals surface area contributed by atoms with E-state index in [0.29, 0.717) is 6.42 Å². The summed E-state index contributed by atoms with van der Waals surface area (Å²) in [6.07, 6.45) is 6.01. The standard InChI is InChI=1S/C8H15NO2.C7H15NO/c1-8(2,3)11-7(10)9-5-4-6-9;1-2-3-4-5-6-7(8)9/h4-6H2,1-3H3;2-6H2,1H3,(H2,8,9). The van der Waals surface area contributed by atoms with Crippen LogP contribution in [0.3, 0.4) is 0 Å². The molecule has 0 aliphatic carbocycles. The molecule has 0 atom stereocenters. The maximum atomic E-state index is 11.1. The van der Waals surface area contributed by atoms with Crippen LogP contribution in [0.2, 0.25) is 0 Å². The van der Waals surface area contributed by atoms with Crippen molar-refractivity contribution in [2.45, 2.75) is 71.8 Å². The second-order valence-electron chi connectivity index (χ2n) is 6.10. The molecule has 1 rings (SSSR count). The molecule has 0 saturated carbocycles. The minimum absolute atomic E-state index is 0.175. The van der Waals surface area contributed by atoms with Gasteiger partial charge in [-0.05, 0) is 33.6 Å². The zero-order valence-electron chi connectivity index (χ0n) is 13.4. The van der Waals surface area contributed by atoms with Crippen molar-refractivity contribution >= 4 is 12.0 Å². The highest BCUT2D eigenvalue weighted by atomic mass is 16.6. The third-order valence-electron chi connectivity index (χ3n) is 2.78. The number of nitrogens with two attached hydrogens (primary N) is 1. The van der Waals surface area contributed by atoms with Crippen LogP contribution in [0.15, 0.2) is 0 Å². The van der Waals surface area contributed by atoms with Crippen molar-refractivity contribution in [3.8, 4) is 0 Å². The first-order valence-electron chi connectivity index (χ1n) is 7.52. The molecule has 1 fully saturated rings. The van der Waals surface area contributed by atoms with Gasteiger partial charge in [0.25, 0.3) is 0 Å². The third kappa shape index (κ3) is 10.6. The van der Waals surface area contributed by atoms with Gasteiger partial charge in [-0.25, -0.2) is 4.79 Å². The van der Waals surface area contributed by atoms with E-state index in [9.17, 15) is 9.59 Å². The molecular weight excluding hydrogens is 256 g/mol. The van der Waals surface area contributed by atoms with Crippen LogP contribution in [0.5, 0.6) is 0 Å². The summed E-state index contributed by atoms with van der Waals surface area (Å²) in [7, 11) is 0. The van der Waals surface area contributed by atoms with Crippen molar-refractivity contribution in [1.82, 2.24) is 4.90 Å². The molecule has 1 aliphatic heterocycles. The van der Waals surface area contributed by atoms with Gasteiger partial charge >= 0.3 is 6.09 Å². The predicted molar refractivity (Wildman–Crippen MR) is 80.4 cm³/mol. The van der Waals surface area contributed by atoms with Crippen LogP contribution in [-0.2, 0) is 9.53 Å². The van der Waals surface area contributed by atoms with Gasteiger partial charge in [0.2, 0.25) is 5.91 Å². The molecule has 0 unspecified atom stereocenters. The summed E-state index contributed by atoms with van der Waals surface area (Å²) in [6.45, 7) is 9.49. The Morgan fingerprint density at radius 3 is 2.10 bits per heavy atom. The molecule has 0 aromatic rings. The summed E-state index contributed by atoms with van der Waals surface area (Å²) in [5.74, 6) is -0.175. The van der Waals surface area contributed by atoms with E-state index in [2.05, 4.69) is 6.92 Å². The van der Waals surface area contributed by atoms with Crippen LogP contribution < -0.4 is 5.73 Å². The largest absolute Gasteiger partial charge is 0.444 e. The van der Waals surface area contributed by atoms with Crippen LogP contribution in [0.25, 0.3) is 0 Å². The van der Waals surface area contributed by atoms with Crippen LogP contribution >= 0.6 is 0 Å². The first kappa shape index (κ1) is 18.7. The highest BCUT2D eigenvalue weighted by Crippen LogP contribution is 2.13. The number of unbranched alkanes of at least 4 members (excludes halogenated alkanes) is 3. The molecule has 0 spiro atoms. The highest BCUT2D eigenvalue weighted by Gasteiger charge is 2.25. The summed E-state index contributed by atoms with van der Waals surface area (Å²) in [5.41, 5.74) is 4.58. The summed E-state index contributed by atoms with van der Waals surface area (Å²) in [5, 5.41) is 0. The van der Waals surface area contributed by atoms with Gasteiger partial charge in [0, 0.05) is 19.5 Å². The van der Waals surface area contributed by atoms with Crippen molar-refractivity contribution in [1.29, 1.82) is 0 Å². The van der Waals surface area contributed by atoms with Crippen LogP contribution in [0.4, 0.5) is 4.79 Å². The van der Waals surface area contributed by atoms with E-state index in [-0.39, 0.29) is 17.6 Å². The fourth-order valence-corrected chi connectivity index (χ4v) is 1.55. The van der Waals surface area contributed by atoms with Gasteiger partial charge in [-0.1, -0.05) is 26.2 Å². The molecule has 1 aliphatic rings. The zero-order valence-corrected chi connectivity index (χ0v) is 13.4. The fourth-order valence-electron chi connectivity index (χ4n) is 1.55. The number of hydrogen-bond acceptors (Lipinski definition) is 3. The van der Waals surface area contributed by atoms with Crippen LogP contribution in [-0.4, -0.2) is 35.6 Å². The smallest absolute Gasteiger partial charge is 0.410 e. The van der Waals surface area contributed by atoms with Gasteiger partial charge in [-0.3, -0.25) is 4.79 Å². The number of ether oxygens (including phenoxy) is 1. The number of carbonyl (C=O) groups excluding carboxylic acids is 2. The molecule has 1 saturated heterocycles. The Balaban J connectivity index is 0.000000370. The number of nitrogens with zero attached hydrogens (tertiary/aromatic N) is 1. The normalized spacial score (nSPS) is 13.9. The lowest BCUT2D eigenvalue weighted by molar-refractivity contribution is -0.118. The van der Waals surface area contributed by atoms with Crippen molar-refractivity contribution < 1.29 is 14.3 Å². The van der Waals surface area contributed by atoms with Crippen molar-refractivity contribution in [3.05, 3.63) is 0 Å². The molecule has 0 radical (unpaired) electrons. The molecule has 0 aromatic carbocycles. The van der Waals surface area contributed by atoms with E-state index in [1.165, 1.54) is 12.8 Å². The molecule has 1 heterocycles. The first-order chi connectivity index (χ1) is 9.26. The van der Waals surface area contributed by atoms with E-state index < -0.39 is 0 Å². The average Bonchev–Trinajstić information content (AvgIpc) is 2.19. The number of amides is 2. The van der Waals surface area contributed by atoms with Gasteiger partial charge in [-0.15, -0.1) is 0 Å². The van der Waals surface area contributed by atoms with E-state index in [1.807, 2.05) is 20.8 Å². The molecule has 5 heteroatoms. The molecule has 0 bridgehead atoms. The van der Waals surface area contributed by atoms with Gasteiger partial charge < -0.3 is 15.4 Å². The molecule has 2 N–H and O–H groups in total. The summed E-state index contributed by atoms with van der Waals surface area (Å²) in [6, 6.07) is 0. The Morgan fingerprint density at radius 2 is 1.75 bits per heavy atom. The molecule has 5 nitrogen and oxygen atoms in total. The molecule has 20 heavy (non-hydrogen) atoms. The fraction of sp³-hybridized carbons (Fsp3) is 0.867. The predicted octanol–water partition coefficient (Wildman–Crippen LogP) is 3.07. The summed E-state index contributed by atoms with van der Waals surface area (Å²) in [4.78, 5) is 23.0. The average molecular weight is 286 g/mol. The summed E-state index contributed by atoms with van der Waals surface area (Å²) >= 11 is 0. The van der Waals surface area contributed by atoms with Crippen LogP contribution in [0, 0.1) is 0 Å². The number of likely N-dealkylation sites (tertiary alicyclic amines) is 1. The van der Waals surface area contributed by atoms with E-state index in [1.54, 1.807) is 4.90 Å². The van der Waals surface area contributed by atoms with Gasteiger partial charge in [-0.2, -0.15) is 0 Å². The van der Waals surface area contributed by atoms with Gasteiger partial charge in [0.05, 0.1) is 0 Å². The second-order valence-corrected chi connectivity index (χ2v) is 6.10. The quantitative estimate of drug-likeness (QED) is 0.789. The van der Waals surface area contributed by atoms with Gasteiger partial charge in [0.1, 0.15) is 5.60 Å². The SMILES string of the molecule is CC(C)(C)OC(=O)N1CCC1.CCCCCCC(N)=O. The lowest BCUT2D eigenvalue weighted by Crippen LogP contribution is -2.44. The van der Waals surface area contributed by atoms with Crippen LogP contribution in [0.1, 0.15) is 66.2 Å². The van der Waals surface area contributed by atoms with Crippen molar-refractivity contribution in [2.75, 3.05) is 13.1 Å². The van der Waals surface area contributed by atoms with Gasteiger partial charge in [0.15, 0.2) is 0 Å². The number of rotatable bonds is 5. The molecule has 118 valence electrons.